The van der Waals surface area contributed by atoms with Crippen LogP contribution in [0.4, 0.5) is 0 Å². The van der Waals surface area contributed by atoms with E-state index in [4.69, 9.17) is 9.47 Å². The molecule has 1 aromatic carbocycles. The maximum Gasteiger partial charge on any atom is 0.306 e. The van der Waals surface area contributed by atoms with E-state index < -0.39 is 0 Å². The number of ether oxygens (including phenoxy) is 2. The Morgan fingerprint density at radius 2 is 1.73 bits per heavy atom. The van der Waals surface area contributed by atoms with Crippen LogP contribution in [0.1, 0.15) is 117 Å². The van der Waals surface area contributed by atoms with Crippen LogP contribution in [0.2, 0.25) is 0 Å². The van der Waals surface area contributed by atoms with Crippen molar-refractivity contribution >= 4 is 17.7 Å². The minimum atomic E-state index is -0.243. The third-order valence-corrected chi connectivity index (χ3v) is 12.9. The molecule has 1 heterocycles. The molecule has 0 spiro atoms. The molecule has 6 rings (SSSR count). The van der Waals surface area contributed by atoms with E-state index in [-0.39, 0.29) is 52.7 Å². The first-order valence-corrected chi connectivity index (χ1v) is 17.3. The van der Waals surface area contributed by atoms with Gasteiger partial charge < -0.3 is 14.8 Å². The van der Waals surface area contributed by atoms with Crippen molar-refractivity contribution < 1.29 is 23.9 Å². The second-order valence-electron chi connectivity index (χ2n) is 15.9. The highest BCUT2D eigenvalue weighted by Gasteiger charge is 2.60. The van der Waals surface area contributed by atoms with Gasteiger partial charge in [-0.2, -0.15) is 0 Å². The first-order chi connectivity index (χ1) is 20.9. The molecule has 7 unspecified atom stereocenters. The van der Waals surface area contributed by atoms with Crippen molar-refractivity contribution in [2.45, 2.75) is 128 Å². The van der Waals surface area contributed by atoms with Gasteiger partial charge in [-0.3, -0.25) is 14.4 Å². The second-order valence-corrected chi connectivity index (χ2v) is 15.9. The fraction of sp³-hybridized carbons (Fsp3) is 0.711. The summed E-state index contributed by atoms with van der Waals surface area (Å²) in [4.78, 5) is 38.0. The highest BCUT2D eigenvalue weighted by Crippen LogP contribution is 2.65. The zero-order valence-electron chi connectivity index (χ0n) is 27.4. The van der Waals surface area contributed by atoms with E-state index >= 15 is 0 Å². The molecular weight excluding hydrogens is 550 g/mol. The molecule has 5 aliphatic rings. The van der Waals surface area contributed by atoms with Gasteiger partial charge >= 0.3 is 5.97 Å². The summed E-state index contributed by atoms with van der Waals surface area (Å²) in [6.45, 7) is 10.3. The summed E-state index contributed by atoms with van der Waals surface area (Å²) in [5.41, 5.74) is 2.61. The average molecular weight is 604 g/mol. The Labute approximate surface area is 264 Å². The molecule has 1 amide bonds. The number of benzene rings is 1. The molecule has 0 bridgehead atoms. The third kappa shape index (κ3) is 5.92. The fourth-order valence-electron chi connectivity index (χ4n) is 10.5. The van der Waals surface area contributed by atoms with Gasteiger partial charge in [-0.1, -0.05) is 49.8 Å². The van der Waals surface area contributed by atoms with Crippen LogP contribution in [0.15, 0.2) is 42.0 Å². The van der Waals surface area contributed by atoms with Crippen LogP contribution in [-0.4, -0.2) is 42.5 Å². The smallest absolute Gasteiger partial charge is 0.306 e. The summed E-state index contributed by atoms with van der Waals surface area (Å²) in [6.07, 6.45) is 13.0. The fourth-order valence-corrected chi connectivity index (χ4v) is 10.5. The summed E-state index contributed by atoms with van der Waals surface area (Å²) in [7, 11) is 0. The molecule has 6 heteroatoms. The second kappa shape index (κ2) is 12.0. The Hall–Kier alpha value is -2.47. The molecule has 0 aromatic heterocycles. The number of hydrogen-bond acceptors (Lipinski definition) is 5. The highest BCUT2D eigenvalue weighted by atomic mass is 16.5. The number of ketones is 1. The lowest BCUT2D eigenvalue weighted by atomic mass is 9.47. The largest absolute Gasteiger partial charge is 0.462 e. The van der Waals surface area contributed by atoms with Gasteiger partial charge in [0.2, 0.25) is 5.91 Å². The SMILES string of the molecule is CC1(C)CC(CCNC(=O)CCC(=O)OC2CCC3C4CCC5=CC(=O)CCC5(C)C4CCC23C)(c2ccccc2)CCO1. The van der Waals surface area contributed by atoms with Crippen LogP contribution in [0.3, 0.4) is 0 Å². The number of fused-ring (bicyclic) bond motifs is 5. The quantitative estimate of drug-likeness (QED) is 0.317. The van der Waals surface area contributed by atoms with Crippen molar-refractivity contribution in [1.82, 2.24) is 5.32 Å². The van der Waals surface area contributed by atoms with E-state index in [0.717, 1.165) is 64.2 Å². The van der Waals surface area contributed by atoms with E-state index in [1.165, 1.54) is 11.1 Å². The predicted molar refractivity (Wildman–Crippen MR) is 171 cm³/mol. The van der Waals surface area contributed by atoms with E-state index in [9.17, 15) is 14.4 Å². The van der Waals surface area contributed by atoms with Crippen LogP contribution >= 0.6 is 0 Å². The standard InChI is InChI=1S/C38H53NO5/c1-35(2)25-38(21-23-43-35,26-8-6-5-7-9-26)20-22-39-33(41)14-15-34(42)44-32-13-12-30-29-11-10-27-24-28(40)16-18-36(27,3)31(29)17-19-37(30,32)4/h5-9,24,29-32H,10-23,25H2,1-4H3,(H,39,41). The number of rotatable bonds is 8. The highest BCUT2D eigenvalue weighted by molar-refractivity contribution is 5.91. The minimum absolute atomic E-state index is 0.00436. The van der Waals surface area contributed by atoms with Gasteiger partial charge in [0, 0.05) is 36.8 Å². The summed E-state index contributed by atoms with van der Waals surface area (Å²) >= 11 is 0. The number of carbonyl (C=O) groups is 3. The van der Waals surface area contributed by atoms with Gasteiger partial charge in [0.15, 0.2) is 5.78 Å². The molecule has 4 fully saturated rings. The molecule has 6 nitrogen and oxygen atoms in total. The van der Waals surface area contributed by atoms with Gasteiger partial charge in [0.1, 0.15) is 6.10 Å². The van der Waals surface area contributed by atoms with Gasteiger partial charge in [-0.15, -0.1) is 0 Å². The molecule has 44 heavy (non-hydrogen) atoms. The van der Waals surface area contributed by atoms with Crippen LogP contribution in [0.25, 0.3) is 0 Å². The third-order valence-electron chi connectivity index (χ3n) is 12.9. The summed E-state index contributed by atoms with van der Waals surface area (Å²) in [6, 6.07) is 10.6. The molecule has 4 aliphatic carbocycles. The Kier molecular flexibility index (Phi) is 8.62. The summed E-state index contributed by atoms with van der Waals surface area (Å²) < 4.78 is 12.2. The normalized spacial score (nSPS) is 37.6. The Morgan fingerprint density at radius 1 is 0.932 bits per heavy atom. The van der Waals surface area contributed by atoms with Gasteiger partial charge in [-0.25, -0.2) is 0 Å². The van der Waals surface area contributed by atoms with Crippen molar-refractivity contribution in [2.24, 2.45) is 28.6 Å². The van der Waals surface area contributed by atoms with Crippen LogP contribution in [-0.2, 0) is 29.3 Å². The molecule has 1 aromatic rings. The zero-order valence-corrected chi connectivity index (χ0v) is 27.4. The Bertz CT molecular complexity index is 1290. The number of allylic oxidation sites excluding steroid dienone is 1. The van der Waals surface area contributed by atoms with Crippen LogP contribution < -0.4 is 5.32 Å². The Balaban J connectivity index is 0.996. The Morgan fingerprint density at radius 3 is 2.50 bits per heavy atom. The van der Waals surface area contributed by atoms with Crippen molar-refractivity contribution in [3.63, 3.8) is 0 Å². The monoisotopic (exact) mass is 603 g/mol. The topological polar surface area (TPSA) is 81.7 Å². The number of amides is 1. The predicted octanol–water partition coefficient (Wildman–Crippen LogP) is 7.24. The van der Waals surface area contributed by atoms with Gasteiger partial charge in [0.05, 0.1) is 12.0 Å². The number of hydrogen-bond donors (Lipinski definition) is 1. The molecule has 7 atom stereocenters. The van der Waals surface area contributed by atoms with Crippen molar-refractivity contribution in [2.75, 3.05) is 13.2 Å². The van der Waals surface area contributed by atoms with Gasteiger partial charge in [-0.05, 0) is 113 Å². The van der Waals surface area contributed by atoms with E-state index in [0.29, 0.717) is 43.1 Å². The molecule has 240 valence electrons. The lowest BCUT2D eigenvalue weighted by Crippen LogP contribution is -2.51. The average Bonchev–Trinajstić information content (AvgIpc) is 3.32. The lowest BCUT2D eigenvalue weighted by molar-refractivity contribution is -0.160. The number of esters is 1. The molecule has 1 saturated heterocycles. The molecule has 1 aliphatic heterocycles. The van der Waals surface area contributed by atoms with Crippen LogP contribution in [0.5, 0.6) is 0 Å². The van der Waals surface area contributed by atoms with E-state index in [1.54, 1.807) is 0 Å². The minimum Gasteiger partial charge on any atom is -0.462 e. The van der Waals surface area contributed by atoms with Crippen LogP contribution in [0, 0.1) is 28.6 Å². The van der Waals surface area contributed by atoms with E-state index in [1.807, 2.05) is 12.1 Å². The van der Waals surface area contributed by atoms with Crippen molar-refractivity contribution in [1.29, 1.82) is 0 Å². The summed E-state index contributed by atoms with van der Waals surface area (Å²) in [5.74, 6) is 1.80. The number of carbonyl (C=O) groups excluding carboxylic acids is 3. The zero-order chi connectivity index (χ0) is 31.2. The number of nitrogens with one attached hydrogen (secondary N) is 1. The molecular formula is C38H53NO5. The maximum atomic E-state index is 13.0. The summed E-state index contributed by atoms with van der Waals surface area (Å²) in [5, 5.41) is 3.10. The first-order valence-electron chi connectivity index (χ1n) is 17.3. The maximum absolute atomic E-state index is 13.0. The molecule has 0 radical (unpaired) electrons. The lowest BCUT2D eigenvalue weighted by Gasteiger charge is -2.57. The van der Waals surface area contributed by atoms with Crippen molar-refractivity contribution in [3.8, 4) is 0 Å². The molecule has 3 saturated carbocycles. The molecule has 1 N–H and O–H groups in total. The van der Waals surface area contributed by atoms with E-state index in [2.05, 4.69) is 57.3 Å². The van der Waals surface area contributed by atoms with Crippen molar-refractivity contribution in [3.05, 3.63) is 47.5 Å². The first kappa shape index (κ1) is 31.5. The van der Waals surface area contributed by atoms with Gasteiger partial charge in [0.25, 0.3) is 0 Å².